The number of rotatable bonds is 13. The Labute approximate surface area is 230 Å². The third-order valence-electron chi connectivity index (χ3n) is 6.78. The van der Waals surface area contributed by atoms with E-state index in [4.69, 9.17) is 4.98 Å². The molecular formula is C31H39N5OS. The zero-order chi connectivity index (χ0) is 27.1. The van der Waals surface area contributed by atoms with Crippen molar-refractivity contribution in [3.05, 3.63) is 65.9 Å². The van der Waals surface area contributed by atoms with Crippen LogP contribution in [0.4, 0.5) is 5.69 Å². The smallest absolute Gasteiger partial charge is 0.183 e. The molecule has 1 atom stereocenters. The Balaban J connectivity index is 1.60. The van der Waals surface area contributed by atoms with Gasteiger partial charge >= 0.3 is 0 Å². The molecule has 0 bridgehead atoms. The zero-order valence-corrected chi connectivity index (χ0v) is 24.0. The molecule has 0 radical (unpaired) electrons. The van der Waals surface area contributed by atoms with Crippen molar-refractivity contribution in [2.75, 3.05) is 53.1 Å². The summed E-state index contributed by atoms with van der Waals surface area (Å²) in [5.74, 6) is 0.0830. The van der Waals surface area contributed by atoms with E-state index in [1.54, 1.807) is 11.3 Å². The maximum absolute atomic E-state index is 12.9. The third-order valence-corrected chi connectivity index (χ3v) is 7.68. The van der Waals surface area contributed by atoms with Gasteiger partial charge in [-0.05, 0) is 95.8 Å². The quantitative estimate of drug-likeness (QED) is 0.157. The van der Waals surface area contributed by atoms with E-state index in [9.17, 15) is 4.79 Å². The van der Waals surface area contributed by atoms with Crippen molar-refractivity contribution < 1.29 is 4.79 Å². The highest BCUT2D eigenvalue weighted by atomic mass is 32.1. The standard InChI is InChI=1S/C31H39N5OS/c1-22(9-6-16-35(2)3)31(37)28-14-12-24(20-33-28)23-11-13-27-25(19-23)30(32-15-8-17-36(4)5)26(21-34-27)29-10-7-18-38-29/h7,10-14,18-22H,6,8-9,15-17H2,1-5H3,(H,32,34). The Morgan fingerprint density at radius 1 is 0.947 bits per heavy atom. The summed E-state index contributed by atoms with van der Waals surface area (Å²) in [6, 6.07) is 14.4. The minimum absolute atomic E-state index is 0.0307. The van der Waals surface area contributed by atoms with Crippen LogP contribution in [0.1, 0.15) is 36.7 Å². The van der Waals surface area contributed by atoms with Gasteiger partial charge in [-0.15, -0.1) is 11.3 Å². The van der Waals surface area contributed by atoms with Gasteiger partial charge < -0.3 is 15.1 Å². The Bertz CT molecular complexity index is 1330. The van der Waals surface area contributed by atoms with Crippen LogP contribution in [0.5, 0.6) is 0 Å². The van der Waals surface area contributed by atoms with Crippen molar-refractivity contribution in [3.63, 3.8) is 0 Å². The van der Waals surface area contributed by atoms with Crippen molar-refractivity contribution in [1.29, 1.82) is 0 Å². The number of carbonyl (C=O) groups excluding carboxylic acids is 1. The molecule has 0 aliphatic carbocycles. The van der Waals surface area contributed by atoms with E-state index in [1.165, 1.54) is 4.88 Å². The second-order valence-corrected chi connectivity index (χ2v) is 11.4. The minimum Gasteiger partial charge on any atom is -0.384 e. The van der Waals surface area contributed by atoms with Crippen LogP contribution in [-0.4, -0.2) is 73.4 Å². The number of carbonyl (C=O) groups is 1. The lowest BCUT2D eigenvalue weighted by Crippen LogP contribution is -2.17. The first-order valence-corrected chi connectivity index (χ1v) is 14.2. The number of ketones is 1. The van der Waals surface area contributed by atoms with Gasteiger partial charge in [0.1, 0.15) is 5.69 Å². The van der Waals surface area contributed by atoms with E-state index in [-0.39, 0.29) is 11.7 Å². The number of fused-ring (bicyclic) bond motifs is 1. The van der Waals surface area contributed by atoms with Crippen molar-refractivity contribution in [3.8, 4) is 21.6 Å². The summed E-state index contributed by atoms with van der Waals surface area (Å²) in [6.45, 7) is 4.90. The lowest BCUT2D eigenvalue weighted by Gasteiger charge is -2.16. The average molecular weight is 530 g/mol. The Kier molecular flexibility index (Phi) is 9.61. The fourth-order valence-corrected chi connectivity index (χ4v) is 5.34. The lowest BCUT2D eigenvalue weighted by atomic mass is 9.97. The van der Waals surface area contributed by atoms with E-state index in [0.29, 0.717) is 5.69 Å². The fourth-order valence-electron chi connectivity index (χ4n) is 4.60. The lowest BCUT2D eigenvalue weighted by molar-refractivity contribution is 0.0916. The van der Waals surface area contributed by atoms with Gasteiger partial charge in [-0.25, -0.2) is 0 Å². The number of thiophene rings is 1. The topological polar surface area (TPSA) is 61.4 Å². The van der Waals surface area contributed by atoms with Crippen molar-refractivity contribution >= 4 is 33.7 Å². The summed E-state index contributed by atoms with van der Waals surface area (Å²) < 4.78 is 0. The highest BCUT2D eigenvalue weighted by Gasteiger charge is 2.17. The molecule has 1 unspecified atom stereocenters. The number of hydrogen-bond donors (Lipinski definition) is 1. The Morgan fingerprint density at radius 3 is 2.39 bits per heavy atom. The predicted octanol–water partition coefficient (Wildman–Crippen LogP) is 6.55. The van der Waals surface area contributed by atoms with E-state index in [1.807, 2.05) is 31.5 Å². The highest BCUT2D eigenvalue weighted by molar-refractivity contribution is 7.13. The van der Waals surface area contributed by atoms with Crippen LogP contribution in [0.3, 0.4) is 0 Å². The van der Waals surface area contributed by atoms with E-state index in [0.717, 1.165) is 72.2 Å². The summed E-state index contributed by atoms with van der Waals surface area (Å²) in [5.41, 5.74) is 5.78. The van der Waals surface area contributed by atoms with Crippen LogP contribution in [-0.2, 0) is 0 Å². The SMILES string of the molecule is CC(CCCN(C)C)C(=O)c1ccc(-c2ccc3ncc(-c4cccs4)c(NCCCN(C)C)c3c2)cn1. The van der Waals surface area contributed by atoms with Gasteiger partial charge in [0.2, 0.25) is 0 Å². The highest BCUT2D eigenvalue weighted by Crippen LogP contribution is 2.37. The van der Waals surface area contributed by atoms with E-state index >= 15 is 0 Å². The van der Waals surface area contributed by atoms with E-state index in [2.05, 4.69) is 84.0 Å². The first-order chi connectivity index (χ1) is 18.3. The molecule has 38 heavy (non-hydrogen) atoms. The predicted molar refractivity (Wildman–Crippen MR) is 161 cm³/mol. The number of anilines is 1. The van der Waals surface area contributed by atoms with Gasteiger partial charge in [0.15, 0.2) is 5.78 Å². The first-order valence-electron chi connectivity index (χ1n) is 13.3. The van der Waals surface area contributed by atoms with Crippen molar-refractivity contribution in [1.82, 2.24) is 19.8 Å². The van der Waals surface area contributed by atoms with Gasteiger partial charge in [-0.2, -0.15) is 0 Å². The molecule has 0 saturated carbocycles. The van der Waals surface area contributed by atoms with Gasteiger partial charge in [0.05, 0.1) is 11.2 Å². The molecule has 200 valence electrons. The molecule has 0 amide bonds. The van der Waals surface area contributed by atoms with Crippen LogP contribution < -0.4 is 5.32 Å². The van der Waals surface area contributed by atoms with Crippen molar-refractivity contribution in [2.45, 2.75) is 26.2 Å². The molecule has 0 fully saturated rings. The fraction of sp³-hybridized carbons (Fsp3) is 0.387. The summed E-state index contributed by atoms with van der Waals surface area (Å²) in [7, 11) is 8.32. The number of pyridine rings is 2. The van der Waals surface area contributed by atoms with Crippen LogP contribution in [0.25, 0.3) is 32.5 Å². The van der Waals surface area contributed by atoms with Crippen molar-refractivity contribution in [2.24, 2.45) is 5.92 Å². The molecular weight excluding hydrogens is 490 g/mol. The maximum Gasteiger partial charge on any atom is 0.183 e. The summed E-state index contributed by atoms with van der Waals surface area (Å²) in [5, 5.41) is 6.91. The number of benzene rings is 1. The van der Waals surface area contributed by atoms with Gasteiger partial charge in [0, 0.05) is 46.2 Å². The van der Waals surface area contributed by atoms with E-state index < -0.39 is 0 Å². The van der Waals surface area contributed by atoms with Gasteiger partial charge in [-0.3, -0.25) is 14.8 Å². The number of nitrogens with zero attached hydrogens (tertiary/aromatic N) is 4. The van der Waals surface area contributed by atoms with Crippen LogP contribution >= 0.6 is 11.3 Å². The molecule has 1 aromatic carbocycles. The molecule has 0 saturated heterocycles. The summed E-state index contributed by atoms with van der Waals surface area (Å²) in [4.78, 5) is 27.8. The molecule has 0 aliphatic rings. The zero-order valence-electron chi connectivity index (χ0n) is 23.2. The molecule has 0 aliphatic heterocycles. The summed E-state index contributed by atoms with van der Waals surface area (Å²) in [6.07, 6.45) is 6.72. The summed E-state index contributed by atoms with van der Waals surface area (Å²) >= 11 is 1.72. The first kappa shape index (κ1) is 27.9. The Hall–Kier alpha value is -3.13. The molecule has 3 heterocycles. The molecule has 0 spiro atoms. The van der Waals surface area contributed by atoms with Gasteiger partial charge in [0.25, 0.3) is 0 Å². The molecule has 7 heteroatoms. The number of Topliss-reactive ketones (excluding diaryl/α,β-unsaturated/α-hetero) is 1. The molecule has 4 aromatic rings. The maximum atomic E-state index is 12.9. The Morgan fingerprint density at radius 2 is 1.71 bits per heavy atom. The second kappa shape index (κ2) is 13.1. The normalized spacial score (nSPS) is 12.4. The minimum atomic E-state index is -0.0307. The second-order valence-electron chi connectivity index (χ2n) is 10.5. The monoisotopic (exact) mass is 529 g/mol. The third kappa shape index (κ3) is 7.04. The van der Waals surface area contributed by atoms with Crippen LogP contribution in [0, 0.1) is 5.92 Å². The molecule has 3 aromatic heterocycles. The number of hydrogen-bond acceptors (Lipinski definition) is 7. The van der Waals surface area contributed by atoms with Crippen LogP contribution in [0.15, 0.2) is 60.2 Å². The molecule has 1 N–H and O–H groups in total. The van der Waals surface area contributed by atoms with Gasteiger partial charge in [-0.1, -0.05) is 25.1 Å². The molecule has 4 rings (SSSR count). The largest absolute Gasteiger partial charge is 0.384 e. The average Bonchev–Trinajstić information content (AvgIpc) is 3.45. The number of nitrogens with one attached hydrogen (secondary N) is 1. The van der Waals surface area contributed by atoms with Crippen LogP contribution in [0.2, 0.25) is 0 Å². The number of aromatic nitrogens is 2. The molecule has 6 nitrogen and oxygen atoms in total.